The van der Waals surface area contributed by atoms with Crippen molar-refractivity contribution in [3.63, 3.8) is 0 Å². The van der Waals surface area contributed by atoms with Gasteiger partial charge in [0.2, 0.25) is 0 Å². The Morgan fingerprint density at radius 1 is 0.793 bits per heavy atom. The number of hydrogen-bond acceptors (Lipinski definition) is 3. The highest BCUT2D eigenvalue weighted by Crippen LogP contribution is 2.17. The van der Waals surface area contributed by atoms with Crippen molar-refractivity contribution in [1.82, 2.24) is 4.90 Å². The van der Waals surface area contributed by atoms with Gasteiger partial charge in [0.05, 0.1) is 0 Å². The summed E-state index contributed by atoms with van der Waals surface area (Å²) in [7, 11) is 3.44. The topological polar surface area (TPSA) is 49.9 Å². The number of amides is 2. The molecule has 0 spiro atoms. The summed E-state index contributed by atoms with van der Waals surface area (Å²) in [6.45, 7) is 0.626. The minimum atomic E-state index is -0.491. The second kappa shape index (κ2) is 9.55. The molecular formula is C24H24N2O3. The molecule has 0 heterocycles. The highest BCUT2D eigenvalue weighted by atomic mass is 16.6. The fourth-order valence-corrected chi connectivity index (χ4v) is 2.86. The van der Waals surface area contributed by atoms with Crippen LogP contribution < -0.4 is 9.64 Å². The van der Waals surface area contributed by atoms with Gasteiger partial charge in [-0.2, -0.15) is 0 Å². The summed E-state index contributed by atoms with van der Waals surface area (Å²) in [4.78, 5) is 28.0. The Labute approximate surface area is 171 Å². The van der Waals surface area contributed by atoms with Crippen molar-refractivity contribution >= 4 is 17.7 Å². The van der Waals surface area contributed by atoms with Crippen molar-refractivity contribution in [2.45, 2.75) is 6.42 Å². The largest absolute Gasteiger partial charge is 0.419 e. The first kappa shape index (κ1) is 20.1. The van der Waals surface area contributed by atoms with Gasteiger partial charge in [-0.15, -0.1) is 0 Å². The first-order valence-corrected chi connectivity index (χ1v) is 9.44. The lowest BCUT2D eigenvalue weighted by atomic mass is 10.1. The van der Waals surface area contributed by atoms with Crippen molar-refractivity contribution in [1.29, 1.82) is 0 Å². The summed E-state index contributed by atoms with van der Waals surface area (Å²) in [5.41, 5.74) is 2.48. The van der Waals surface area contributed by atoms with Gasteiger partial charge in [0, 0.05) is 31.9 Å². The summed E-state index contributed by atoms with van der Waals surface area (Å²) < 4.78 is 5.39. The van der Waals surface area contributed by atoms with E-state index in [1.54, 1.807) is 43.3 Å². The molecule has 0 fully saturated rings. The molecule has 5 nitrogen and oxygen atoms in total. The number of benzene rings is 3. The van der Waals surface area contributed by atoms with Crippen molar-refractivity contribution < 1.29 is 14.3 Å². The van der Waals surface area contributed by atoms with Gasteiger partial charge in [-0.05, 0) is 48.4 Å². The van der Waals surface area contributed by atoms with Gasteiger partial charge in [-0.3, -0.25) is 9.69 Å². The number of anilines is 1. The Balaban J connectivity index is 1.56. The quantitative estimate of drug-likeness (QED) is 0.618. The lowest BCUT2D eigenvalue weighted by molar-refractivity contribution is 0.0796. The van der Waals surface area contributed by atoms with Crippen molar-refractivity contribution in [3.05, 3.63) is 96.1 Å². The van der Waals surface area contributed by atoms with Crippen molar-refractivity contribution in [3.8, 4) is 5.75 Å². The third-order valence-corrected chi connectivity index (χ3v) is 4.65. The molecule has 3 rings (SSSR count). The fourth-order valence-electron chi connectivity index (χ4n) is 2.86. The molecule has 0 saturated carbocycles. The van der Waals surface area contributed by atoms with E-state index in [1.807, 2.05) is 60.7 Å². The molecule has 3 aromatic carbocycles. The van der Waals surface area contributed by atoms with Crippen LogP contribution >= 0.6 is 0 Å². The van der Waals surface area contributed by atoms with Crippen LogP contribution in [-0.4, -0.2) is 37.5 Å². The number of likely N-dealkylation sites (N-methyl/N-ethyl adjacent to an activating group) is 1. The molecule has 148 valence electrons. The van der Waals surface area contributed by atoms with E-state index in [1.165, 1.54) is 10.5 Å². The molecule has 0 aliphatic carbocycles. The van der Waals surface area contributed by atoms with Crippen LogP contribution in [0.2, 0.25) is 0 Å². The van der Waals surface area contributed by atoms with E-state index in [-0.39, 0.29) is 5.91 Å². The fraction of sp³-hybridized carbons (Fsp3) is 0.167. The first-order valence-electron chi connectivity index (χ1n) is 9.44. The molecule has 0 atom stereocenters. The van der Waals surface area contributed by atoms with Crippen LogP contribution in [0.4, 0.5) is 10.5 Å². The van der Waals surface area contributed by atoms with E-state index in [0.29, 0.717) is 17.9 Å². The maximum Gasteiger partial charge on any atom is 0.419 e. The SMILES string of the molecule is CN(CCc1ccccc1)C(=O)c1ccc(OC(=O)N(C)c2ccccc2)cc1. The number of hydrogen-bond donors (Lipinski definition) is 0. The highest BCUT2D eigenvalue weighted by molar-refractivity contribution is 5.94. The maximum absolute atomic E-state index is 12.6. The number of carbonyl (C=O) groups excluding carboxylic acids is 2. The molecule has 0 saturated heterocycles. The second-order valence-electron chi connectivity index (χ2n) is 6.75. The predicted octanol–water partition coefficient (Wildman–Crippen LogP) is 4.64. The smallest absolute Gasteiger partial charge is 0.410 e. The maximum atomic E-state index is 12.6. The summed E-state index contributed by atoms with van der Waals surface area (Å²) >= 11 is 0. The summed E-state index contributed by atoms with van der Waals surface area (Å²) in [6, 6.07) is 25.9. The average Bonchev–Trinajstić information content (AvgIpc) is 2.78. The van der Waals surface area contributed by atoms with E-state index in [4.69, 9.17) is 4.74 Å². The van der Waals surface area contributed by atoms with Gasteiger partial charge < -0.3 is 9.64 Å². The van der Waals surface area contributed by atoms with E-state index < -0.39 is 6.09 Å². The van der Waals surface area contributed by atoms with Gasteiger partial charge in [-0.25, -0.2) is 4.79 Å². The Bertz CT molecular complexity index is 941. The van der Waals surface area contributed by atoms with Gasteiger partial charge in [0.25, 0.3) is 5.91 Å². The Morgan fingerprint density at radius 2 is 1.38 bits per heavy atom. The summed E-state index contributed by atoms with van der Waals surface area (Å²) in [5, 5.41) is 0. The van der Waals surface area contributed by atoms with Gasteiger partial charge >= 0.3 is 6.09 Å². The molecule has 0 N–H and O–H groups in total. The minimum absolute atomic E-state index is 0.0692. The van der Waals surface area contributed by atoms with Crippen LogP contribution in [0.5, 0.6) is 5.75 Å². The zero-order valence-corrected chi connectivity index (χ0v) is 16.6. The van der Waals surface area contributed by atoms with Gasteiger partial charge in [0.1, 0.15) is 5.75 Å². The molecule has 2 amide bonds. The van der Waals surface area contributed by atoms with Crippen LogP contribution in [-0.2, 0) is 6.42 Å². The molecule has 0 bridgehead atoms. The second-order valence-corrected chi connectivity index (χ2v) is 6.75. The average molecular weight is 388 g/mol. The zero-order valence-electron chi connectivity index (χ0n) is 16.6. The monoisotopic (exact) mass is 388 g/mol. The number of ether oxygens (including phenoxy) is 1. The number of carbonyl (C=O) groups is 2. The molecule has 0 radical (unpaired) electrons. The Morgan fingerprint density at radius 3 is 2.00 bits per heavy atom. The Kier molecular flexibility index (Phi) is 6.63. The van der Waals surface area contributed by atoms with Crippen LogP contribution in [0.15, 0.2) is 84.9 Å². The molecule has 29 heavy (non-hydrogen) atoms. The molecule has 0 aliphatic rings. The lowest BCUT2D eigenvalue weighted by Gasteiger charge is -2.18. The van der Waals surface area contributed by atoms with Crippen molar-refractivity contribution in [2.24, 2.45) is 0 Å². The third kappa shape index (κ3) is 5.45. The summed E-state index contributed by atoms with van der Waals surface area (Å²) in [5.74, 6) is 0.321. The van der Waals surface area contributed by atoms with Crippen LogP contribution in [0, 0.1) is 0 Å². The lowest BCUT2D eigenvalue weighted by Crippen LogP contribution is -2.29. The standard InChI is InChI=1S/C24H24N2O3/c1-25(18-17-19-9-5-3-6-10-19)23(27)20-13-15-22(16-14-20)29-24(28)26(2)21-11-7-4-8-12-21/h3-16H,17-18H2,1-2H3. The Hall–Kier alpha value is -3.60. The van der Waals surface area contributed by atoms with E-state index in [0.717, 1.165) is 12.1 Å². The molecular weight excluding hydrogens is 364 g/mol. The van der Waals surface area contributed by atoms with Gasteiger partial charge in [0.15, 0.2) is 0 Å². The van der Waals surface area contributed by atoms with E-state index in [9.17, 15) is 9.59 Å². The van der Waals surface area contributed by atoms with E-state index in [2.05, 4.69) is 0 Å². The molecule has 0 aliphatic heterocycles. The molecule has 0 unspecified atom stereocenters. The van der Waals surface area contributed by atoms with Crippen LogP contribution in [0.1, 0.15) is 15.9 Å². The summed E-state index contributed by atoms with van der Waals surface area (Å²) in [6.07, 6.45) is 0.306. The highest BCUT2D eigenvalue weighted by Gasteiger charge is 2.15. The van der Waals surface area contributed by atoms with Crippen molar-refractivity contribution in [2.75, 3.05) is 25.5 Å². The zero-order chi connectivity index (χ0) is 20.6. The van der Waals surface area contributed by atoms with Gasteiger partial charge in [-0.1, -0.05) is 48.5 Å². The number of para-hydroxylation sites is 1. The molecule has 3 aromatic rings. The normalized spacial score (nSPS) is 10.3. The minimum Gasteiger partial charge on any atom is -0.410 e. The molecule has 5 heteroatoms. The molecule has 0 aromatic heterocycles. The van der Waals surface area contributed by atoms with E-state index >= 15 is 0 Å². The van der Waals surface area contributed by atoms with Crippen LogP contribution in [0.3, 0.4) is 0 Å². The predicted molar refractivity (Wildman–Crippen MR) is 114 cm³/mol. The van der Waals surface area contributed by atoms with Crippen LogP contribution in [0.25, 0.3) is 0 Å². The third-order valence-electron chi connectivity index (χ3n) is 4.65. The first-order chi connectivity index (χ1) is 14.0. The number of nitrogens with zero attached hydrogens (tertiary/aromatic N) is 2. The number of rotatable bonds is 6.